The highest BCUT2D eigenvalue weighted by molar-refractivity contribution is 7.90. The molecule has 3 amide bonds. The van der Waals surface area contributed by atoms with Crippen LogP contribution in [0.4, 0.5) is 0 Å². The molecule has 5 aromatic carbocycles. The summed E-state index contributed by atoms with van der Waals surface area (Å²) >= 11 is 0. The van der Waals surface area contributed by atoms with Gasteiger partial charge in [-0.05, 0) is 89.8 Å². The predicted octanol–water partition coefficient (Wildman–Crippen LogP) is 5.17. The standard InChI is InChI=1S/C26H23N3O6S.C19H16N2O5/c1-15-3-7-18(8-4-15)36(32,33)28-26(31)24(16-6-10-22-23(12-16)35-14-34-22)20-13-29(2)21-11-17(25(27)30)5-9-19(20)21;1-21-8-13(12-4-2-11(18(20)22)6-14(12)21)17(19(23)24)10-3-5-15-16(7-10)26-9-25-15/h3-13,24H,14H2,1-2H3,(H2,27,30)(H,28,31);2-8,17H,9H2,1H3,(H2,20,22)(H,23,24). The minimum Gasteiger partial charge on any atom is -0.481 e. The van der Waals surface area contributed by atoms with Crippen LogP contribution in [0.15, 0.2) is 114 Å². The molecule has 4 heterocycles. The van der Waals surface area contributed by atoms with E-state index in [0.29, 0.717) is 67.3 Å². The van der Waals surface area contributed by atoms with Gasteiger partial charge in [-0.15, -0.1) is 0 Å². The Morgan fingerprint density at radius 2 is 1.08 bits per heavy atom. The molecule has 62 heavy (non-hydrogen) atoms. The fourth-order valence-electron chi connectivity index (χ4n) is 7.68. The first kappa shape index (κ1) is 41.0. The van der Waals surface area contributed by atoms with E-state index in [-0.39, 0.29) is 18.5 Å². The fourth-order valence-corrected chi connectivity index (χ4v) is 8.67. The van der Waals surface area contributed by atoms with Crippen LogP contribution in [0.5, 0.6) is 23.0 Å². The molecule has 7 aromatic rings. The normalized spacial score (nSPS) is 13.6. The lowest BCUT2D eigenvalue weighted by atomic mass is 9.90. The highest BCUT2D eigenvalue weighted by atomic mass is 32.2. The molecule has 0 saturated carbocycles. The van der Waals surface area contributed by atoms with Gasteiger partial charge in [-0.3, -0.25) is 19.2 Å². The molecule has 316 valence electrons. The number of primary amides is 2. The first-order valence-electron chi connectivity index (χ1n) is 19.0. The largest absolute Gasteiger partial charge is 0.481 e. The van der Waals surface area contributed by atoms with Crippen LogP contribution >= 0.6 is 0 Å². The van der Waals surface area contributed by atoms with Crippen molar-refractivity contribution in [2.24, 2.45) is 25.6 Å². The molecule has 0 saturated heterocycles. The third kappa shape index (κ3) is 7.72. The lowest BCUT2D eigenvalue weighted by Gasteiger charge is -2.18. The lowest BCUT2D eigenvalue weighted by molar-refractivity contribution is -0.137. The van der Waals surface area contributed by atoms with Crippen LogP contribution in [0.25, 0.3) is 21.8 Å². The lowest BCUT2D eigenvalue weighted by Crippen LogP contribution is -2.35. The van der Waals surface area contributed by atoms with Crippen molar-refractivity contribution in [1.82, 2.24) is 13.9 Å². The summed E-state index contributed by atoms with van der Waals surface area (Å²) in [4.78, 5) is 48.9. The summed E-state index contributed by atoms with van der Waals surface area (Å²) in [6.07, 6.45) is 3.50. The minimum atomic E-state index is -4.14. The first-order chi connectivity index (χ1) is 29.6. The number of hydrogen-bond donors (Lipinski definition) is 4. The number of amides is 3. The molecule has 0 bridgehead atoms. The summed E-state index contributed by atoms with van der Waals surface area (Å²) in [6.45, 7) is 2.02. The SMILES string of the molecule is Cc1ccc(S(=O)(=O)NC(=O)C(c2ccc3c(c2)OCO3)c2cn(C)c3cc(C(N)=O)ccc23)cc1.Cn1cc(C(C(=O)O)c2ccc3c(c2)OCO3)c2ccc(C(N)=O)cc21. The van der Waals surface area contributed by atoms with Crippen LogP contribution < -0.4 is 35.1 Å². The Morgan fingerprint density at radius 3 is 1.55 bits per heavy atom. The molecule has 0 spiro atoms. The van der Waals surface area contributed by atoms with E-state index in [4.69, 9.17) is 30.4 Å². The zero-order chi connectivity index (χ0) is 44.0. The van der Waals surface area contributed by atoms with E-state index in [1.807, 2.05) is 6.92 Å². The number of nitrogens with two attached hydrogens (primary N) is 2. The number of benzene rings is 5. The highest BCUT2D eigenvalue weighted by Gasteiger charge is 2.32. The number of carbonyl (C=O) groups excluding carboxylic acids is 3. The van der Waals surface area contributed by atoms with Crippen LogP contribution in [-0.4, -0.2) is 59.9 Å². The smallest absolute Gasteiger partial charge is 0.315 e. The maximum absolute atomic E-state index is 13.7. The van der Waals surface area contributed by atoms with E-state index in [1.165, 1.54) is 12.1 Å². The number of aromatic nitrogens is 2. The van der Waals surface area contributed by atoms with Crippen molar-refractivity contribution < 1.29 is 51.6 Å². The summed E-state index contributed by atoms with van der Waals surface area (Å²) in [5, 5.41) is 11.3. The number of aryl methyl sites for hydroxylation is 3. The second kappa shape index (κ2) is 16.0. The summed E-state index contributed by atoms with van der Waals surface area (Å²) in [7, 11) is -0.564. The summed E-state index contributed by atoms with van der Waals surface area (Å²) < 4.78 is 53.5. The molecule has 2 aliphatic heterocycles. The Balaban J connectivity index is 0.000000180. The number of rotatable bonds is 10. The molecule has 2 aromatic heterocycles. The van der Waals surface area contributed by atoms with Crippen molar-refractivity contribution in [3.63, 3.8) is 0 Å². The van der Waals surface area contributed by atoms with Gasteiger partial charge in [0.15, 0.2) is 23.0 Å². The Morgan fingerprint density at radius 1 is 0.629 bits per heavy atom. The third-order valence-electron chi connectivity index (χ3n) is 10.8. The van der Waals surface area contributed by atoms with Crippen LogP contribution in [0.3, 0.4) is 0 Å². The maximum atomic E-state index is 13.7. The van der Waals surface area contributed by atoms with Crippen molar-refractivity contribution in [2.45, 2.75) is 23.7 Å². The van der Waals surface area contributed by atoms with Crippen LogP contribution in [0.1, 0.15) is 60.4 Å². The molecule has 16 nitrogen and oxygen atoms in total. The van der Waals surface area contributed by atoms with Gasteiger partial charge >= 0.3 is 5.97 Å². The Hall–Kier alpha value is -7.79. The van der Waals surface area contributed by atoms with Gasteiger partial charge < -0.3 is 44.7 Å². The molecule has 2 atom stereocenters. The van der Waals surface area contributed by atoms with Gasteiger partial charge in [0.05, 0.1) is 10.8 Å². The summed E-state index contributed by atoms with van der Waals surface area (Å²) in [6, 6.07) is 26.3. The number of hydrogen-bond acceptors (Lipinski definition) is 10. The van der Waals surface area contributed by atoms with E-state index in [1.54, 1.807) is 121 Å². The fraction of sp³-hybridized carbons (Fsp3) is 0.156. The average Bonchev–Trinajstić information content (AvgIpc) is 4.04. The molecule has 17 heteroatoms. The first-order valence-corrected chi connectivity index (χ1v) is 20.5. The van der Waals surface area contributed by atoms with Crippen molar-refractivity contribution in [3.8, 4) is 23.0 Å². The highest BCUT2D eigenvalue weighted by Crippen LogP contribution is 2.41. The van der Waals surface area contributed by atoms with Crippen LogP contribution in [0.2, 0.25) is 0 Å². The van der Waals surface area contributed by atoms with Crippen molar-refractivity contribution in [2.75, 3.05) is 13.6 Å². The molecule has 2 aliphatic rings. The van der Waals surface area contributed by atoms with Crippen molar-refractivity contribution >= 4 is 55.5 Å². The predicted molar refractivity (Wildman–Crippen MR) is 226 cm³/mol. The van der Waals surface area contributed by atoms with Gasteiger partial charge in [-0.2, -0.15) is 0 Å². The number of carboxylic acid groups (broad SMARTS) is 1. The number of aliphatic carboxylic acids is 1. The van der Waals surface area contributed by atoms with Gasteiger partial charge in [0.1, 0.15) is 5.92 Å². The number of nitrogens with zero attached hydrogens (tertiary/aromatic N) is 2. The zero-order valence-corrected chi connectivity index (χ0v) is 34.3. The monoisotopic (exact) mass is 857 g/mol. The van der Waals surface area contributed by atoms with Gasteiger partial charge in [-0.1, -0.05) is 42.0 Å². The van der Waals surface area contributed by atoms with Crippen LogP contribution in [0, 0.1) is 6.92 Å². The molecule has 0 fully saturated rings. The minimum absolute atomic E-state index is 0.0186. The Kier molecular flexibility index (Phi) is 10.6. The number of nitrogens with one attached hydrogen (secondary N) is 1. The molecule has 0 aliphatic carbocycles. The second-order valence-corrected chi connectivity index (χ2v) is 16.5. The van der Waals surface area contributed by atoms with Crippen molar-refractivity contribution in [1.29, 1.82) is 0 Å². The van der Waals surface area contributed by atoms with Gasteiger partial charge in [0.25, 0.3) is 10.0 Å². The molecule has 0 radical (unpaired) electrons. The number of ether oxygens (including phenoxy) is 4. The summed E-state index contributed by atoms with van der Waals surface area (Å²) in [5.41, 5.74) is 16.1. The number of carboxylic acids is 1. The number of sulfonamides is 1. The Labute approximate surface area is 354 Å². The number of fused-ring (bicyclic) bond motifs is 4. The molecule has 6 N–H and O–H groups in total. The van der Waals surface area contributed by atoms with Crippen molar-refractivity contribution in [3.05, 3.63) is 148 Å². The van der Waals surface area contributed by atoms with E-state index in [2.05, 4.69) is 4.72 Å². The van der Waals surface area contributed by atoms with Crippen LogP contribution in [-0.2, 0) is 33.7 Å². The second-order valence-electron chi connectivity index (χ2n) is 14.8. The van der Waals surface area contributed by atoms with Gasteiger partial charge in [-0.25, -0.2) is 13.1 Å². The van der Waals surface area contributed by atoms with E-state index in [9.17, 15) is 32.7 Å². The van der Waals surface area contributed by atoms with E-state index in [0.717, 1.165) is 16.5 Å². The number of carbonyl (C=O) groups is 4. The van der Waals surface area contributed by atoms with Gasteiger partial charge in [0, 0.05) is 59.4 Å². The molecule has 9 rings (SSSR count). The average molecular weight is 858 g/mol. The molecule has 2 unspecified atom stereocenters. The summed E-state index contributed by atoms with van der Waals surface area (Å²) in [5.74, 6) is -2.58. The molecular weight excluding hydrogens is 819 g/mol. The third-order valence-corrected chi connectivity index (χ3v) is 12.1. The topological polar surface area (TPSA) is 233 Å². The van der Waals surface area contributed by atoms with E-state index < -0.39 is 45.5 Å². The quantitative estimate of drug-likeness (QED) is 0.140. The molecular formula is C45H39N5O11S. The van der Waals surface area contributed by atoms with E-state index >= 15 is 0 Å². The Bertz CT molecular complexity index is 3080. The zero-order valence-electron chi connectivity index (χ0n) is 33.4. The maximum Gasteiger partial charge on any atom is 0.315 e. The van der Waals surface area contributed by atoms with Gasteiger partial charge in [0.2, 0.25) is 31.3 Å².